The smallest absolute Gasteiger partial charge is 0.272 e. The quantitative estimate of drug-likeness (QED) is 0.256. The third-order valence-electron chi connectivity index (χ3n) is 16.1. The number of alkyl halides is 3. The maximum absolute atomic E-state index is 12.3. The van der Waals surface area contributed by atoms with Gasteiger partial charge in [-0.25, -0.2) is 13.2 Å². The van der Waals surface area contributed by atoms with E-state index in [9.17, 15) is 13.2 Å². The van der Waals surface area contributed by atoms with Crippen molar-refractivity contribution in [2.45, 2.75) is 295 Å². The van der Waals surface area contributed by atoms with Gasteiger partial charge in [-0.15, -0.1) is 0 Å². The van der Waals surface area contributed by atoms with Crippen molar-refractivity contribution in [2.75, 3.05) is 147 Å². The Balaban J connectivity index is -0.000000413. The van der Waals surface area contributed by atoms with Crippen molar-refractivity contribution < 1.29 is 22.6 Å². The van der Waals surface area contributed by atoms with Gasteiger partial charge in [0.15, 0.2) is 0 Å². The summed E-state index contributed by atoms with van der Waals surface area (Å²) in [5.41, 5.74) is 2.52. The predicted molar refractivity (Wildman–Crippen MR) is 354 cm³/mol. The fourth-order valence-corrected chi connectivity index (χ4v) is 7.96. The van der Waals surface area contributed by atoms with E-state index in [4.69, 9.17) is 9.47 Å². The van der Waals surface area contributed by atoms with Crippen LogP contribution in [0.25, 0.3) is 0 Å². The summed E-state index contributed by atoms with van der Waals surface area (Å²) in [6.45, 7) is 81.3. The van der Waals surface area contributed by atoms with E-state index in [2.05, 4.69) is 254 Å². The standard InChI is InChI=1S/C9H19N.C8H17NO.C8H19NO.C8H19N.C7H13F2N.C7H14FN.C7H15N.C7H17N.C6H15N/c1-9(2,3)10-7-5-4-6-8-10;1-8(2,3)9-4-6-10-7-5-9;1-8(2,3)9(4)6-7-10-5;1-6-9(7-2)8(3,4)5;1-6(2,3)10-4-7(8,9)5-10;1-7(2,3)9-4-6(8)5-9;1-7(2,3)8-5-4-6-8;1-6-8(5)7(2,3)4;1-6(2,3)7(4)5/h4-8H2,1-3H3;4-7H2,1-3H3;6-7H2,1-5H3;6-7H2,1-5H3;4-5H2,1-3H3;6H,4-5H2,1-3H3;4-6H2,1-3H3;6H2,1-5H3;1-5H3. The van der Waals surface area contributed by atoms with E-state index in [1.54, 1.807) is 12.0 Å². The average molecular weight is 1170 g/mol. The number of hydrogen-bond acceptors (Lipinski definition) is 11. The van der Waals surface area contributed by atoms with Crippen LogP contribution in [0.4, 0.5) is 13.2 Å². The van der Waals surface area contributed by atoms with Gasteiger partial charge in [0.25, 0.3) is 5.92 Å². The first-order chi connectivity index (χ1) is 36.1. The molecule has 5 aliphatic heterocycles. The SMILES string of the molecule is CC(C)(C)N1CC(F)(F)C1.CC(C)(C)N1CC(F)C1.CC(C)(C)N1CCC1.CC(C)(C)N1CCCCC1.CC(C)(C)N1CCOCC1.CCN(C)C(C)(C)C.CCN(CC)C(C)(C)C.CN(C)C(C)(C)C.COCCN(C)C(C)(C)C. The van der Waals surface area contributed by atoms with Gasteiger partial charge >= 0.3 is 0 Å². The molecule has 5 fully saturated rings. The van der Waals surface area contributed by atoms with Crippen molar-refractivity contribution in [3.63, 3.8) is 0 Å². The van der Waals surface area contributed by atoms with Gasteiger partial charge in [0, 0.05) is 89.7 Å². The van der Waals surface area contributed by atoms with Gasteiger partial charge < -0.3 is 19.3 Å². The Morgan fingerprint density at radius 1 is 0.432 bits per heavy atom. The minimum Gasteiger partial charge on any atom is -0.383 e. The van der Waals surface area contributed by atoms with Gasteiger partial charge in [0.2, 0.25) is 0 Å². The zero-order valence-electron chi connectivity index (χ0n) is 61.4. The van der Waals surface area contributed by atoms with Gasteiger partial charge in [-0.2, -0.15) is 0 Å². The normalized spacial score (nSPS) is 19.2. The van der Waals surface area contributed by atoms with Gasteiger partial charge in [0.1, 0.15) is 6.17 Å². The second-order valence-corrected chi connectivity index (χ2v) is 32.2. The third-order valence-corrected chi connectivity index (χ3v) is 16.1. The lowest BCUT2D eigenvalue weighted by Gasteiger charge is -2.47. The Labute approximate surface area is 506 Å². The fourth-order valence-electron chi connectivity index (χ4n) is 7.96. The largest absolute Gasteiger partial charge is 0.383 e. The molecular weight excluding hydrogens is 1020 g/mol. The molecule has 0 saturated carbocycles. The molecule has 5 saturated heterocycles. The van der Waals surface area contributed by atoms with Gasteiger partial charge in [-0.05, 0) is 280 Å². The van der Waals surface area contributed by atoms with Gasteiger partial charge in [0.05, 0.1) is 32.9 Å². The number of methoxy groups -OCH3 is 1. The number of hydrogen-bond donors (Lipinski definition) is 0. The molecule has 14 heteroatoms. The number of piperidine rings is 1. The number of likely N-dealkylation sites (tertiary alicyclic amines) is 4. The van der Waals surface area contributed by atoms with Crippen molar-refractivity contribution in [2.24, 2.45) is 0 Å². The lowest BCUT2D eigenvalue weighted by Crippen LogP contribution is -2.62. The van der Waals surface area contributed by atoms with Crippen LogP contribution in [0.5, 0.6) is 0 Å². The van der Waals surface area contributed by atoms with Crippen molar-refractivity contribution in [3.05, 3.63) is 0 Å². The Morgan fingerprint density at radius 2 is 0.753 bits per heavy atom. The molecule has 0 aromatic carbocycles. The molecule has 0 aliphatic carbocycles. The minimum atomic E-state index is -2.42. The second kappa shape index (κ2) is 38.6. The first kappa shape index (κ1) is 86.8. The zero-order chi connectivity index (χ0) is 65.0. The summed E-state index contributed by atoms with van der Waals surface area (Å²) in [6, 6.07) is 0. The molecule has 0 N–H and O–H groups in total. The molecular formula is C67H148F3N9O2. The van der Waals surface area contributed by atoms with Crippen LogP contribution >= 0.6 is 0 Å². The van der Waals surface area contributed by atoms with E-state index in [1.165, 1.54) is 51.9 Å². The molecule has 0 spiro atoms. The predicted octanol–water partition coefficient (Wildman–Crippen LogP) is 14.6. The first-order valence-corrected chi connectivity index (χ1v) is 31.7. The van der Waals surface area contributed by atoms with Crippen LogP contribution in [0, 0.1) is 0 Å². The van der Waals surface area contributed by atoms with Crippen LogP contribution in [0.3, 0.4) is 0 Å². The molecule has 0 aromatic rings. The van der Waals surface area contributed by atoms with E-state index in [-0.39, 0.29) is 29.7 Å². The van der Waals surface area contributed by atoms with E-state index >= 15 is 0 Å². The highest BCUT2D eigenvalue weighted by atomic mass is 19.3. The number of nitrogens with zero attached hydrogens (tertiary/aromatic N) is 9. The molecule has 81 heavy (non-hydrogen) atoms. The van der Waals surface area contributed by atoms with Gasteiger partial charge in [-0.3, -0.25) is 34.3 Å². The number of rotatable bonds is 6. The molecule has 5 aliphatic rings. The van der Waals surface area contributed by atoms with Crippen LogP contribution in [0.1, 0.15) is 233 Å². The Morgan fingerprint density at radius 3 is 0.889 bits per heavy atom. The third kappa shape index (κ3) is 44.4. The summed E-state index contributed by atoms with van der Waals surface area (Å²) in [4.78, 5) is 20.6. The molecule has 0 atom stereocenters. The van der Waals surface area contributed by atoms with Crippen LogP contribution in [0.15, 0.2) is 0 Å². The molecule has 0 unspecified atom stereocenters. The summed E-state index contributed by atoms with van der Waals surface area (Å²) in [6.07, 6.45) is 5.07. The van der Waals surface area contributed by atoms with Crippen LogP contribution in [-0.4, -0.2) is 253 Å². The summed E-state index contributed by atoms with van der Waals surface area (Å²) < 4.78 is 47.0. The van der Waals surface area contributed by atoms with Crippen molar-refractivity contribution in [1.82, 2.24) is 44.1 Å². The maximum Gasteiger partial charge on any atom is 0.272 e. The lowest BCUT2D eigenvalue weighted by atomic mass is 9.99. The van der Waals surface area contributed by atoms with E-state index in [1.807, 2.05) is 20.8 Å². The summed E-state index contributed by atoms with van der Waals surface area (Å²) in [5.74, 6) is -2.42. The van der Waals surface area contributed by atoms with Crippen LogP contribution < -0.4 is 0 Å². The number of halogens is 3. The zero-order valence-corrected chi connectivity index (χ0v) is 61.4. The Kier molecular flexibility index (Phi) is 41.3. The molecule has 11 nitrogen and oxygen atoms in total. The molecule has 0 radical (unpaired) electrons. The molecule has 5 heterocycles. The van der Waals surface area contributed by atoms with E-state index in [0.717, 1.165) is 59.1 Å². The molecule has 0 bridgehead atoms. The fraction of sp³-hybridized carbons (Fsp3) is 1.00. The Hall–Kier alpha value is -0.650. The second-order valence-electron chi connectivity index (χ2n) is 32.2. The summed E-state index contributed by atoms with van der Waals surface area (Å²) in [5, 5.41) is 0. The highest BCUT2D eigenvalue weighted by Gasteiger charge is 2.47. The first-order valence-electron chi connectivity index (χ1n) is 31.7. The molecule has 0 amide bonds. The Bertz CT molecular complexity index is 1440. The molecule has 5 rings (SSSR count). The number of likely N-dealkylation sites (N-methyl/N-ethyl adjacent to an activating group) is 1. The van der Waals surface area contributed by atoms with Crippen LogP contribution in [0.2, 0.25) is 0 Å². The topological polar surface area (TPSA) is 47.6 Å². The molecule has 0 aromatic heterocycles. The highest BCUT2D eigenvalue weighted by Crippen LogP contribution is 2.32. The van der Waals surface area contributed by atoms with Gasteiger partial charge in [-0.1, -0.05) is 27.2 Å². The van der Waals surface area contributed by atoms with E-state index in [0.29, 0.717) is 46.3 Å². The number of ether oxygens (including phenoxy) is 2. The minimum absolute atomic E-state index is 0.0729. The average Bonchev–Trinajstić information content (AvgIpc) is 3.25. The van der Waals surface area contributed by atoms with Crippen molar-refractivity contribution in [1.29, 1.82) is 0 Å². The maximum atomic E-state index is 12.3. The molecule has 494 valence electrons. The lowest BCUT2D eigenvalue weighted by molar-refractivity contribution is -0.160. The van der Waals surface area contributed by atoms with Crippen molar-refractivity contribution in [3.8, 4) is 0 Å². The monoisotopic (exact) mass is 1170 g/mol. The van der Waals surface area contributed by atoms with E-state index < -0.39 is 12.1 Å². The summed E-state index contributed by atoms with van der Waals surface area (Å²) >= 11 is 0. The highest BCUT2D eigenvalue weighted by molar-refractivity contribution is 4.94. The summed E-state index contributed by atoms with van der Waals surface area (Å²) in [7, 11) is 10.1. The van der Waals surface area contributed by atoms with Crippen molar-refractivity contribution >= 4 is 0 Å². The number of morpholine rings is 1. The van der Waals surface area contributed by atoms with Crippen LogP contribution in [-0.2, 0) is 9.47 Å².